The topological polar surface area (TPSA) is 40.7 Å². The Hall–Kier alpha value is -1.71. The summed E-state index contributed by atoms with van der Waals surface area (Å²) in [6, 6.07) is 13.4. The highest BCUT2D eigenvalue weighted by Gasteiger charge is 2.08. The van der Waals surface area contributed by atoms with Crippen molar-refractivity contribution in [2.24, 2.45) is 0 Å². The Balaban J connectivity index is 1.84. The standard InChI is InChI=1S/C14H11Cl2N3/c15-12-6-3-7-13(19-12)17-8-11-14(16)9-4-1-2-5-10(9)18-11/h1-7,18H,8H2,(H,17,19). The first-order valence-electron chi connectivity index (χ1n) is 5.85. The van der Waals surface area contributed by atoms with Crippen molar-refractivity contribution in [2.45, 2.75) is 6.54 Å². The zero-order chi connectivity index (χ0) is 13.2. The molecule has 0 spiro atoms. The SMILES string of the molecule is Clc1cccc(NCc2[nH]c3ccccc3c2Cl)n1. The van der Waals surface area contributed by atoms with Crippen LogP contribution in [0.4, 0.5) is 5.82 Å². The van der Waals surface area contributed by atoms with Crippen LogP contribution in [-0.2, 0) is 6.54 Å². The van der Waals surface area contributed by atoms with Crippen molar-refractivity contribution >= 4 is 39.9 Å². The molecule has 0 aliphatic rings. The molecule has 5 heteroatoms. The van der Waals surface area contributed by atoms with Gasteiger partial charge in [-0.3, -0.25) is 0 Å². The molecule has 0 radical (unpaired) electrons. The summed E-state index contributed by atoms with van der Waals surface area (Å²) in [5, 5.41) is 5.43. The number of nitrogens with one attached hydrogen (secondary N) is 2. The number of benzene rings is 1. The number of para-hydroxylation sites is 1. The van der Waals surface area contributed by atoms with Crippen LogP contribution in [0.2, 0.25) is 10.2 Å². The predicted molar refractivity (Wildman–Crippen MR) is 79.9 cm³/mol. The van der Waals surface area contributed by atoms with Crippen molar-refractivity contribution in [3.8, 4) is 0 Å². The molecule has 2 N–H and O–H groups in total. The van der Waals surface area contributed by atoms with E-state index < -0.39 is 0 Å². The Morgan fingerprint density at radius 3 is 2.68 bits per heavy atom. The second-order valence-corrected chi connectivity index (χ2v) is 4.93. The van der Waals surface area contributed by atoms with Crippen molar-refractivity contribution in [1.82, 2.24) is 9.97 Å². The number of aromatic nitrogens is 2. The third-order valence-corrected chi connectivity index (χ3v) is 3.52. The molecule has 0 bridgehead atoms. The highest BCUT2D eigenvalue weighted by molar-refractivity contribution is 6.36. The maximum absolute atomic E-state index is 6.34. The van der Waals surface area contributed by atoms with Crippen LogP contribution < -0.4 is 5.32 Å². The fourth-order valence-corrected chi connectivity index (χ4v) is 2.41. The Morgan fingerprint density at radius 2 is 1.89 bits per heavy atom. The Bertz CT molecular complexity index is 722. The van der Waals surface area contributed by atoms with Crippen LogP contribution in [0.15, 0.2) is 42.5 Å². The maximum atomic E-state index is 6.34. The first-order valence-corrected chi connectivity index (χ1v) is 6.61. The summed E-state index contributed by atoms with van der Waals surface area (Å²) in [7, 11) is 0. The zero-order valence-electron chi connectivity index (χ0n) is 9.95. The number of halogens is 2. The normalized spacial score (nSPS) is 10.8. The van der Waals surface area contributed by atoms with Gasteiger partial charge in [0, 0.05) is 10.9 Å². The molecule has 0 saturated heterocycles. The molecule has 19 heavy (non-hydrogen) atoms. The smallest absolute Gasteiger partial charge is 0.131 e. The summed E-state index contributed by atoms with van der Waals surface area (Å²) in [5.74, 6) is 0.724. The third-order valence-electron chi connectivity index (χ3n) is 2.88. The summed E-state index contributed by atoms with van der Waals surface area (Å²) < 4.78 is 0. The number of nitrogens with zero attached hydrogens (tertiary/aromatic N) is 1. The summed E-state index contributed by atoms with van der Waals surface area (Å²) in [6.45, 7) is 0.570. The molecule has 2 aromatic heterocycles. The van der Waals surface area contributed by atoms with E-state index in [-0.39, 0.29) is 0 Å². The largest absolute Gasteiger partial charge is 0.364 e. The molecule has 0 atom stereocenters. The molecule has 0 aliphatic heterocycles. The molecular formula is C14H11Cl2N3. The monoisotopic (exact) mass is 291 g/mol. The minimum Gasteiger partial charge on any atom is -0.364 e. The van der Waals surface area contributed by atoms with E-state index in [1.165, 1.54) is 0 Å². The number of hydrogen-bond acceptors (Lipinski definition) is 2. The molecule has 1 aromatic carbocycles. The van der Waals surface area contributed by atoms with Crippen LogP contribution in [0, 0.1) is 0 Å². The van der Waals surface area contributed by atoms with Crippen LogP contribution in [0.1, 0.15) is 5.69 Å². The predicted octanol–water partition coefficient (Wildman–Crippen LogP) is 4.48. The number of H-pyrrole nitrogens is 1. The Morgan fingerprint density at radius 1 is 1.05 bits per heavy atom. The number of rotatable bonds is 3. The van der Waals surface area contributed by atoms with Crippen molar-refractivity contribution in [1.29, 1.82) is 0 Å². The number of anilines is 1. The van der Waals surface area contributed by atoms with E-state index in [2.05, 4.69) is 15.3 Å². The van der Waals surface area contributed by atoms with Crippen LogP contribution in [0.25, 0.3) is 10.9 Å². The average molecular weight is 292 g/mol. The second-order valence-electron chi connectivity index (χ2n) is 4.16. The molecule has 0 fully saturated rings. The summed E-state index contributed by atoms with van der Waals surface area (Å²) in [5.41, 5.74) is 1.97. The van der Waals surface area contributed by atoms with Gasteiger partial charge in [-0.25, -0.2) is 4.98 Å². The van der Waals surface area contributed by atoms with Crippen LogP contribution in [0.5, 0.6) is 0 Å². The van der Waals surface area contributed by atoms with Gasteiger partial charge in [0.05, 0.1) is 17.3 Å². The number of hydrogen-bond donors (Lipinski definition) is 2. The van der Waals surface area contributed by atoms with E-state index in [1.807, 2.05) is 36.4 Å². The lowest BCUT2D eigenvalue weighted by Gasteiger charge is -2.04. The average Bonchev–Trinajstić information content (AvgIpc) is 2.74. The second kappa shape index (κ2) is 5.11. The van der Waals surface area contributed by atoms with Crippen LogP contribution in [0.3, 0.4) is 0 Å². The molecule has 3 nitrogen and oxygen atoms in total. The minimum atomic E-state index is 0.466. The lowest BCUT2D eigenvalue weighted by molar-refractivity contribution is 1.06. The van der Waals surface area contributed by atoms with Gasteiger partial charge >= 0.3 is 0 Å². The van der Waals surface area contributed by atoms with Crippen molar-refractivity contribution < 1.29 is 0 Å². The van der Waals surface area contributed by atoms with E-state index in [9.17, 15) is 0 Å². The maximum Gasteiger partial charge on any atom is 0.131 e. The van der Waals surface area contributed by atoms with Crippen molar-refractivity contribution in [3.63, 3.8) is 0 Å². The molecule has 2 heterocycles. The van der Waals surface area contributed by atoms with Gasteiger partial charge in [-0.05, 0) is 18.2 Å². The van der Waals surface area contributed by atoms with E-state index >= 15 is 0 Å². The molecule has 3 rings (SSSR count). The van der Waals surface area contributed by atoms with Gasteiger partial charge in [-0.2, -0.15) is 0 Å². The summed E-state index contributed by atoms with van der Waals surface area (Å²) in [4.78, 5) is 7.46. The van der Waals surface area contributed by atoms with E-state index in [0.29, 0.717) is 11.7 Å². The van der Waals surface area contributed by atoms with Crippen molar-refractivity contribution in [3.05, 3.63) is 58.3 Å². The van der Waals surface area contributed by atoms with Gasteiger partial charge in [0.1, 0.15) is 11.0 Å². The quantitative estimate of drug-likeness (QED) is 0.699. The molecule has 96 valence electrons. The fraction of sp³-hybridized carbons (Fsp3) is 0.0714. The van der Waals surface area contributed by atoms with Gasteiger partial charge in [-0.15, -0.1) is 0 Å². The van der Waals surface area contributed by atoms with Gasteiger partial charge in [0.25, 0.3) is 0 Å². The third kappa shape index (κ3) is 2.53. The first-order chi connectivity index (χ1) is 9.24. The number of pyridine rings is 1. The zero-order valence-corrected chi connectivity index (χ0v) is 11.5. The Kier molecular flexibility index (Phi) is 3.32. The molecule has 0 amide bonds. The highest BCUT2D eigenvalue weighted by Crippen LogP contribution is 2.27. The minimum absolute atomic E-state index is 0.466. The fourth-order valence-electron chi connectivity index (χ4n) is 1.97. The van der Waals surface area contributed by atoms with Crippen molar-refractivity contribution in [2.75, 3.05) is 5.32 Å². The van der Waals surface area contributed by atoms with Gasteiger partial charge in [0.2, 0.25) is 0 Å². The lowest BCUT2D eigenvalue weighted by atomic mass is 10.2. The number of aromatic amines is 1. The first kappa shape index (κ1) is 12.3. The van der Waals surface area contributed by atoms with Crippen LogP contribution in [-0.4, -0.2) is 9.97 Å². The molecule has 3 aromatic rings. The number of fused-ring (bicyclic) bond motifs is 1. The molecule has 0 unspecified atom stereocenters. The summed E-state index contributed by atoms with van der Waals surface area (Å²) >= 11 is 12.2. The van der Waals surface area contributed by atoms with Gasteiger partial charge in [0.15, 0.2) is 0 Å². The van der Waals surface area contributed by atoms with E-state index in [4.69, 9.17) is 23.2 Å². The summed E-state index contributed by atoms with van der Waals surface area (Å²) in [6.07, 6.45) is 0. The van der Waals surface area contributed by atoms with E-state index in [0.717, 1.165) is 27.4 Å². The highest BCUT2D eigenvalue weighted by atomic mass is 35.5. The van der Waals surface area contributed by atoms with Gasteiger partial charge in [-0.1, -0.05) is 47.5 Å². The van der Waals surface area contributed by atoms with Crippen LogP contribution >= 0.6 is 23.2 Å². The van der Waals surface area contributed by atoms with E-state index in [1.54, 1.807) is 6.07 Å². The molecule has 0 aliphatic carbocycles. The molecular weight excluding hydrogens is 281 g/mol. The molecule has 0 saturated carbocycles. The van der Waals surface area contributed by atoms with Gasteiger partial charge < -0.3 is 10.3 Å². The lowest BCUT2D eigenvalue weighted by Crippen LogP contribution is -2.01. The Labute approximate surface area is 120 Å².